The zero-order valence-corrected chi connectivity index (χ0v) is 12.5. The Morgan fingerprint density at radius 2 is 1.95 bits per heavy atom. The molecule has 102 valence electrons. The van der Waals surface area contributed by atoms with Gasteiger partial charge in [0.15, 0.2) is 0 Å². The molecule has 1 unspecified atom stereocenters. The highest BCUT2D eigenvalue weighted by molar-refractivity contribution is 6.21. The maximum atomic E-state index is 6.38. The van der Waals surface area contributed by atoms with Gasteiger partial charge < -0.3 is 5.32 Å². The first-order chi connectivity index (χ1) is 8.96. The van der Waals surface area contributed by atoms with Crippen molar-refractivity contribution in [3.63, 3.8) is 0 Å². The molecule has 0 spiro atoms. The van der Waals surface area contributed by atoms with Crippen molar-refractivity contribution in [2.75, 3.05) is 11.9 Å². The smallest absolute Gasteiger partial charge is 0.133 e. The number of rotatable bonds is 4. The summed E-state index contributed by atoms with van der Waals surface area (Å²) in [6.07, 6.45) is 2.81. The SMILES string of the molecule is CC(C)(C)CC(Cl)CNc1nccc2ccccc12. The first-order valence-corrected chi connectivity index (χ1v) is 7.11. The summed E-state index contributed by atoms with van der Waals surface area (Å²) in [5, 5.41) is 5.82. The molecule has 1 N–H and O–H groups in total. The average molecular weight is 277 g/mol. The van der Waals surface area contributed by atoms with Crippen molar-refractivity contribution in [3.05, 3.63) is 36.5 Å². The average Bonchev–Trinajstić information content (AvgIpc) is 2.34. The molecule has 1 atom stereocenters. The fraction of sp³-hybridized carbons (Fsp3) is 0.438. The summed E-state index contributed by atoms with van der Waals surface area (Å²) in [6.45, 7) is 7.36. The Bertz CT molecular complexity index is 540. The third-order valence-corrected chi connectivity index (χ3v) is 3.31. The Hall–Kier alpha value is -1.28. The van der Waals surface area contributed by atoms with Crippen molar-refractivity contribution in [2.24, 2.45) is 5.41 Å². The monoisotopic (exact) mass is 276 g/mol. The number of nitrogens with zero attached hydrogens (tertiary/aromatic N) is 1. The van der Waals surface area contributed by atoms with Gasteiger partial charge in [-0.25, -0.2) is 4.98 Å². The quantitative estimate of drug-likeness (QED) is 0.820. The highest BCUT2D eigenvalue weighted by Crippen LogP contribution is 2.25. The minimum atomic E-state index is 0.112. The van der Waals surface area contributed by atoms with E-state index in [0.29, 0.717) is 0 Å². The molecule has 1 aromatic heterocycles. The van der Waals surface area contributed by atoms with Gasteiger partial charge >= 0.3 is 0 Å². The fourth-order valence-electron chi connectivity index (χ4n) is 2.20. The van der Waals surface area contributed by atoms with Crippen LogP contribution in [0.4, 0.5) is 5.82 Å². The molecular weight excluding hydrogens is 256 g/mol. The van der Waals surface area contributed by atoms with Gasteiger partial charge in [-0.1, -0.05) is 45.0 Å². The summed E-state index contributed by atoms with van der Waals surface area (Å²) in [6, 6.07) is 10.3. The Balaban J connectivity index is 2.06. The maximum absolute atomic E-state index is 6.38. The van der Waals surface area contributed by atoms with E-state index >= 15 is 0 Å². The van der Waals surface area contributed by atoms with Crippen LogP contribution in [0, 0.1) is 5.41 Å². The van der Waals surface area contributed by atoms with Crippen LogP contribution in [0.15, 0.2) is 36.5 Å². The van der Waals surface area contributed by atoms with E-state index in [-0.39, 0.29) is 10.8 Å². The van der Waals surface area contributed by atoms with Gasteiger partial charge in [0.25, 0.3) is 0 Å². The molecule has 2 rings (SSSR count). The minimum absolute atomic E-state index is 0.112. The largest absolute Gasteiger partial charge is 0.368 e. The molecule has 0 bridgehead atoms. The minimum Gasteiger partial charge on any atom is -0.368 e. The lowest BCUT2D eigenvalue weighted by atomic mass is 9.90. The van der Waals surface area contributed by atoms with Crippen molar-refractivity contribution >= 4 is 28.2 Å². The van der Waals surface area contributed by atoms with Crippen molar-refractivity contribution < 1.29 is 0 Å². The Labute approximate surface area is 120 Å². The predicted molar refractivity (Wildman–Crippen MR) is 83.9 cm³/mol. The van der Waals surface area contributed by atoms with Gasteiger partial charge in [-0.3, -0.25) is 0 Å². The van der Waals surface area contributed by atoms with Crippen LogP contribution in [-0.4, -0.2) is 16.9 Å². The normalized spacial score (nSPS) is 13.5. The number of fused-ring (bicyclic) bond motifs is 1. The van der Waals surface area contributed by atoms with E-state index in [1.165, 1.54) is 5.39 Å². The first kappa shape index (κ1) is 14.1. The summed E-state index contributed by atoms with van der Waals surface area (Å²) in [7, 11) is 0. The van der Waals surface area contributed by atoms with Crippen LogP contribution in [0.1, 0.15) is 27.2 Å². The predicted octanol–water partition coefficient (Wildman–Crippen LogP) is 4.69. The number of hydrogen-bond donors (Lipinski definition) is 1. The Kier molecular flexibility index (Phi) is 4.31. The zero-order chi connectivity index (χ0) is 13.9. The Morgan fingerprint density at radius 1 is 1.21 bits per heavy atom. The number of pyridine rings is 1. The molecule has 0 radical (unpaired) electrons. The third kappa shape index (κ3) is 4.10. The molecule has 2 aromatic rings. The summed E-state index contributed by atoms with van der Waals surface area (Å²) in [5.41, 5.74) is 0.250. The van der Waals surface area contributed by atoms with Crippen LogP contribution in [-0.2, 0) is 0 Å². The van der Waals surface area contributed by atoms with Crippen LogP contribution in [0.25, 0.3) is 10.8 Å². The number of halogens is 1. The lowest BCUT2D eigenvalue weighted by Gasteiger charge is -2.22. The Morgan fingerprint density at radius 3 is 2.68 bits per heavy atom. The van der Waals surface area contributed by atoms with E-state index in [2.05, 4.69) is 43.2 Å². The second-order valence-corrected chi connectivity index (χ2v) is 6.74. The van der Waals surface area contributed by atoms with Crippen LogP contribution >= 0.6 is 11.6 Å². The molecular formula is C16H21ClN2. The van der Waals surface area contributed by atoms with E-state index in [1.54, 1.807) is 0 Å². The second kappa shape index (κ2) is 5.79. The fourth-order valence-corrected chi connectivity index (χ4v) is 2.74. The topological polar surface area (TPSA) is 24.9 Å². The number of hydrogen-bond acceptors (Lipinski definition) is 2. The second-order valence-electron chi connectivity index (χ2n) is 6.12. The van der Waals surface area contributed by atoms with Gasteiger partial charge in [0.05, 0.1) is 5.38 Å². The van der Waals surface area contributed by atoms with Crippen LogP contribution in [0.3, 0.4) is 0 Å². The third-order valence-electron chi connectivity index (χ3n) is 3.00. The number of alkyl halides is 1. The van der Waals surface area contributed by atoms with Crippen molar-refractivity contribution in [1.29, 1.82) is 0 Å². The summed E-state index contributed by atoms with van der Waals surface area (Å²) in [4.78, 5) is 4.41. The molecule has 3 heteroatoms. The van der Waals surface area contributed by atoms with Crippen molar-refractivity contribution in [3.8, 4) is 0 Å². The highest BCUT2D eigenvalue weighted by atomic mass is 35.5. The van der Waals surface area contributed by atoms with E-state index in [1.807, 2.05) is 24.4 Å². The van der Waals surface area contributed by atoms with E-state index in [0.717, 1.165) is 24.2 Å². The van der Waals surface area contributed by atoms with Crippen LogP contribution in [0.5, 0.6) is 0 Å². The van der Waals surface area contributed by atoms with Gasteiger partial charge in [-0.05, 0) is 23.3 Å². The molecule has 1 heterocycles. The van der Waals surface area contributed by atoms with Gasteiger partial charge in [-0.2, -0.15) is 0 Å². The lowest BCUT2D eigenvalue weighted by Crippen LogP contribution is -2.21. The van der Waals surface area contributed by atoms with Crippen molar-refractivity contribution in [1.82, 2.24) is 4.98 Å². The molecule has 0 fully saturated rings. The molecule has 0 saturated heterocycles. The number of anilines is 1. The summed E-state index contributed by atoms with van der Waals surface area (Å²) >= 11 is 6.38. The molecule has 0 aliphatic rings. The van der Waals surface area contributed by atoms with Crippen LogP contribution < -0.4 is 5.32 Å². The number of aromatic nitrogens is 1. The number of benzene rings is 1. The highest BCUT2D eigenvalue weighted by Gasteiger charge is 2.16. The maximum Gasteiger partial charge on any atom is 0.133 e. The van der Waals surface area contributed by atoms with Gasteiger partial charge in [0.1, 0.15) is 5.82 Å². The molecule has 2 nitrogen and oxygen atoms in total. The van der Waals surface area contributed by atoms with E-state index in [4.69, 9.17) is 11.6 Å². The molecule has 0 aliphatic heterocycles. The van der Waals surface area contributed by atoms with E-state index in [9.17, 15) is 0 Å². The van der Waals surface area contributed by atoms with Gasteiger partial charge in [0.2, 0.25) is 0 Å². The molecule has 0 aliphatic carbocycles. The summed E-state index contributed by atoms with van der Waals surface area (Å²) in [5.74, 6) is 0.914. The zero-order valence-electron chi connectivity index (χ0n) is 11.8. The standard InChI is InChI=1S/C16H21ClN2/c1-16(2,3)10-13(17)11-19-15-14-7-5-4-6-12(14)8-9-18-15/h4-9,13H,10-11H2,1-3H3,(H,18,19). The molecule has 0 saturated carbocycles. The number of nitrogens with one attached hydrogen (secondary N) is 1. The molecule has 1 aromatic carbocycles. The van der Waals surface area contributed by atoms with Gasteiger partial charge in [-0.15, -0.1) is 11.6 Å². The summed E-state index contributed by atoms with van der Waals surface area (Å²) < 4.78 is 0. The molecule has 19 heavy (non-hydrogen) atoms. The van der Waals surface area contributed by atoms with Crippen molar-refractivity contribution in [2.45, 2.75) is 32.6 Å². The van der Waals surface area contributed by atoms with Gasteiger partial charge in [0, 0.05) is 18.1 Å². The van der Waals surface area contributed by atoms with E-state index < -0.39 is 0 Å². The van der Waals surface area contributed by atoms with Crippen LogP contribution in [0.2, 0.25) is 0 Å². The molecule has 0 amide bonds. The lowest BCUT2D eigenvalue weighted by molar-refractivity contribution is 0.373. The first-order valence-electron chi connectivity index (χ1n) is 6.67.